The Balaban J connectivity index is 1.29. The predicted molar refractivity (Wildman–Crippen MR) is 132 cm³/mol. The minimum atomic E-state index is -3.45. The van der Waals surface area contributed by atoms with Crippen molar-refractivity contribution >= 4 is 21.6 Å². The third kappa shape index (κ3) is 5.83. The van der Waals surface area contributed by atoms with Gasteiger partial charge >= 0.3 is 0 Å². The third-order valence-electron chi connectivity index (χ3n) is 5.76. The van der Waals surface area contributed by atoms with Gasteiger partial charge in [-0.05, 0) is 61.0 Å². The van der Waals surface area contributed by atoms with E-state index in [4.69, 9.17) is 4.74 Å². The molecule has 7 nitrogen and oxygen atoms in total. The molecular weight excluding hydrogens is 450 g/mol. The smallest absolute Gasteiger partial charge is 0.255 e. The number of ether oxygens (including phenoxy) is 1. The number of carbonyl (C=O) groups excluding carboxylic acids is 1. The van der Waals surface area contributed by atoms with E-state index >= 15 is 0 Å². The van der Waals surface area contributed by atoms with Gasteiger partial charge in [-0.15, -0.1) is 0 Å². The lowest BCUT2D eigenvalue weighted by molar-refractivity contribution is 0.102. The number of benzene rings is 3. The van der Waals surface area contributed by atoms with Crippen LogP contribution in [0.1, 0.15) is 22.8 Å². The average molecular weight is 480 g/mol. The molecule has 1 fully saturated rings. The first kappa shape index (κ1) is 23.9. The minimum absolute atomic E-state index is 0.171. The fourth-order valence-electron chi connectivity index (χ4n) is 3.89. The molecule has 0 aliphatic carbocycles. The second-order valence-corrected chi connectivity index (χ2v) is 10.0. The number of amides is 1. The normalized spacial score (nSPS) is 15.1. The van der Waals surface area contributed by atoms with Crippen molar-refractivity contribution in [2.45, 2.75) is 18.4 Å². The summed E-state index contributed by atoms with van der Waals surface area (Å²) in [6.07, 6.45) is 0. The van der Waals surface area contributed by atoms with Crippen molar-refractivity contribution in [1.29, 1.82) is 0 Å². The zero-order valence-electron chi connectivity index (χ0n) is 19.2. The molecule has 0 bridgehead atoms. The monoisotopic (exact) mass is 479 g/mol. The molecular formula is C26H29N3O4S. The summed E-state index contributed by atoms with van der Waals surface area (Å²) >= 11 is 0. The number of rotatable bonds is 8. The number of carbonyl (C=O) groups is 1. The molecule has 34 heavy (non-hydrogen) atoms. The van der Waals surface area contributed by atoms with Gasteiger partial charge in [0.25, 0.3) is 5.91 Å². The van der Waals surface area contributed by atoms with Crippen LogP contribution in [0.4, 0.5) is 5.69 Å². The van der Waals surface area contributed by atoms with Gasteiger partial charge in [0.1, 0.15) is 5.75 Å². The lowest BCUT2D eigenvalue weighted by atomic mass is 10.1. The number of sulfonamides is 1. The van der Waals surface area contributed by atoms with E-state index in [0.717, 1.165) is 11.3 Å². The van der Waals surface area contributed by atoms with Crippen molar-refractivity contribution < 1.29 is 17.9 Å². The van der Waals surface area contributed by atoms with Crippen molar-refractivity contribution in [2.24, 2.45) is 0 Å². The standard InChI is InChI=1S/C26H29N3O4S/c1-2-33-24-14-12-23(13-15-24)27-26(30)22-10-8-21(9-11-22)20-28-16-18-29(19-17-28)34(31,32)25-6-4-3-5-7-25/h3-15H,2,16-20H2,1H3,(H,27,30). The molecule has 3 aromatic carbocycles. The van der Waals surface area contributed by atoms with E-state index in [1.165, 1.54) is 0 Å². The van der Waals surface area contributed by atoms with Gasteiger partial charge in [0.2, 0.25) is 10.0 Å². The van der Waals surface area contributed by atoms with Gasteiger partial charge in [0.15, 0.2) is 0 Å². The quantitative estimate of drug-likeness (QED) is 0.531. The van der Waals surface area contributed by atoms with Crippen molar-refractivity contribution in [2.75, 3.05) is 38.1 Å². The Morgan fingerprint density at radius 2 is 1.53 bits per heavy atom. The largest absolute Gasteiger partial charge is 0.494 e. The van der Waals surface area contributed by atoms with Crippen LogP contribution >= 0.6 is 0 Å². The Morgan fingerprint density at radius 1 is 0.882 bits per heavy atom. The highest BCUT2D eigenvalue weighted by molar-refractivity contribution is 7.89. The highest BCUT2D eigenvalue weighted by Crippen LogP contribution is 2.19. The molecule has 0 atom stereocenters. The number of hydrogen-bond donors (Lipinski definition) is 1. The lowest BCUT2D eigenvalue weighted by Crippen LogP contribution is -2.48. The Bertz CT molecular complexity index is 1190. The zero-order valence-corrected chi connectivity index (χ0v) is 20.0. The number of hydrogen-bond acceptors (Lipinski definition) is 5. The number of nitrogens with one attached hydrogen (secondary N) is 1. The maximum absolute atomic E-state index is 12.8. The molecule has 0 saturated carbocycles. The van der Waals surface area contributed by atoms with Gasteiger partial charge in [0, 0.05) is 44.0 Å². The summed E-state index contributed by atoms with van der Waals surface area (Å²) in [5.74, 6) is 0.596. The molecule has 1 aliphatic rings. The number of piperazine rings is 1. The van der Waals surface area contributed by atoms with E-state index in [1.54, 1.807) is 28.6 Å². The van der Waals surface area contributed by atoms with Crippen molar-refractivity contribution in [3.8, 4) is 5.75 Å². The van der Waals surface area contributed by atoms with Crippen LogP contribution < -0.4 is 10.1 Å². The Kier molecular flexibility index (Phi) is 7.62. The second kappa shape index (κ2) is 10.8. The second-order valence-electron chi connectivity index (χ2n) is 8.10. The summed E-state index contributed by atoms with van der Waals surface area (Å²) in [5, 5.41) is 2.89. The summed E-state index contributed by atoms with van der Waals surface area (Å²) in [6, 6.07) is 23.4. The van der Waals surface area contributed by atoms with Crippen LogP contribution in [-0.2, 0) is 16.6 Å². The van der Waals surface area contributed by atoms with Gasteiger partial charge in [-0.1, -0.05) is 30.3 Å². The van der Waals surface area contributed by atoms with Crippen LogP contribution in [0.25, 0.3) is 0 Å². The van der Waals surface area contributed by atoms with E-state index in [-0.39, 0.29) is 5.91 Å². The molecule has 0 aromatic heterocycles. The van der Waals surface area contributed by atoms with Crippen LogP contribution in [-0.4, -0.2) is 56.3 Å². The van der Waals surface area contributed by atoms with Crippen LogP contribution in [0, 0.1) is 0 Å². The van der Waals surface area contributed by atoms with Crippen molar-refractivity contribution in [3.63, 3.8) is 0 Å². The maximum Gasteiger partial charge on any atom is 0.255 e. The minimum Gasteiger partial charge on any atom is -0.494 e. The van der Waals surface area contributed by atoms with Gasteiger partial charge in [-0.3, -0.25) is 9.69 Å². The van der Waals surface area contributed by atoms with Gasteiger partial charge in [-0.2, -0.15) is 4.31 Å². The van der Waals surface area contributed by atoms with Crippen LogP contribution in [0.2, 0.25) is 0 Å². The van der Waals surface area contributed by atoms with E-state index in [1.807, 2.05) is 61.5 Å². The SMILES string of the molecule is CCOc1ccc(NC(=O)c2ccc(CN3CCN(S(=O)(=O)c4ccccc4)CC3)cc2)cc1. The lowest BCUT2D eigenvalue weighted by Gasteiger charge is -2.34. The molecule has 1 amide bonds. The van der Waals surface area contributed by atoms with Gasteiger partial charge in [0.05, 0.1) is 11.5 Å². The summed E-state index contributed by atoms with van der Waals surface area (Å²) in [5.41, 5.74) is 2.37. The average Bonchev–Trinajstić information content (AvgIpc) is 2.87. The molecule has 8 heteroatoms. The summed E-state index contributed by atoms with van der Waals surface area (Å²) in [6.45, 7) is 5.47. The first-order valence-electron chi connectivity index (χ1n) is 11.4. The summed E-state index contributed by atoms with van der Waals surface area (Å²) in [7, 11) is -3.45. The molecule has 4 rings (SSSR count). The van der Waals surface area contributed by atoms with Crippen LogP contribution in [0.5, 0.6) is 5.75 Å². The van der Waals surface area contributed by atoms with Crippen molar-refractivity contribution in [3.05, 3.63) is 90.0 Å². The molecule has 0 radical (unpaired) electrons. The Labute approximate surface area is 201 Å². The van der Waals surface area contributed by atoms with Crippen molar-refractivity contribution in [1.82, 2.24) is 9.21 Å². The third-order valence-corrected chi connectivity index (χ3v) is 7.67. The number of anilines is 1. The van der Waals surface area contributed by atoms with E-state index < -0.39 is 10.0 Å². The summed E-state index contributed by atoms with van der Waals surface area (Å²) in [4.78, 5) is 15.1. The first-order valence-corrected chi connectivity index (χ1v) is 12.8. The van der Waals surface area contributed by atoms with E-state index in [0.29, 0.717) is 55.5 Å². The highest BCUT2D eigenvalue weighted by atomic mass is 32.2. The molecule has 0 spiro atoms. The molecule has 1 heterocycles. The number of nitrogens with zero attached hydrogens (tertiary/aromatic N) is 2. The molecule has 1 aliphatic heterocycles. The fraction of sp³-hybridized carbons (Fsp3) is 0.269. The molecule has 178 valence electrons. The molecule has 1 N–H and O–H groups in total. The maximum atomic E-state index is 12.8. The summed E-state index contributed by atoms with van der Waals surface area (Å²) < 4.78 is 32.6. The molecule has 1 saturated heterocycles. The molecule has 3 aromatic rings. The molecule has 0 unspecified atom stereocenters. The first-order chi connectivity index (χ1) is 16.5. The van der Waals surface area contributed by atoms with Gasteiger partial charge in [-0.25, -0.2) is 8.42 Å². The van der Waals surface area contributed by atoms with Crippen LogP contribution in [0.15, 0.2) is 83.8 Å². The van der Waals surface area contributed by atoms with Crippen LogP contribution in [0.3, 0.4) is 0 Å². The zero-order chi connectivity index (χ0) is 24.0. The van der Waals surface area contributed by atoms with E-state index in [2.05, 4.69) is 10.2 Å². The Morgan fingerprint density at radius 3 is 2.15 bits per heavy atom. The van der Waals surface area contributed by atoms with E-state index in [9.17, 15) is 13.2 Å². The topological polar surface area (TPSA) is 79.0 Å². The Hall–Kier alpha value is -3.20. The fourth-order valence-corrected chi connectivity index (χ4v) is 5.34. The predicted octanol–water partition coefficient (Wildman–Crippen LogP) is 3.84. The van der Waals surface area contributed by atoms with Gasteiger partial charge < -0.3 is 10.1 Å². The highest BCUT2D eigenvalue weighted by Gasteiger charge is 2.28.